The number of carbonyl (C=O) groups excluding carboxylic acids is 1. The minimum Gasteiger partial charge on any atom is -0.481 e. The summed E-state index contributed by atoms with van der Waals surface area (Å²) in [4.78, 5) is 33.3. The fraction of sp³-hybridized carbons (Fsp3) is 0.750. The molecule has 19 heavy (non-hydrogen) atoms. The molecule has 7 heteroatoms. The molecule has 1 aliphatic heterocycles. The summed E-state index contributed by atoms with van der Waals surface area (Å²) in [5, 5.41) is 22.8. The number of piperidine rings is 1. The van der Waals surface area contributed by atoms with E-state index in [-0.39, 0.29) is 0 Å². The van der Waals surface area contributed by atoms with Gasteiger partial charge in [0.25, 0.3) is 0 Å². The van der Waals surface area contributed by atoms with Gasteiger partial charge in [-0.1, -0.05) is 13.3 Å². The van der Waals surface area contributed by atoms with Crippen LogP contribution in [0.3, 0.4) is 0 Å². The summed E-state index contributed by atoms with van der Waals surface area (Å²) in [6, 6.07) is -1.82. The Morgan fingerprint density at radius 3 is 2.58 bits per heavy atom. The number of amides is 1. The van der Waals surface area contributed by atoms with E-state index in [0.717, 1.165) is 12.8 Å². The smallest absolute Gasteiger partial charge is 0.326 e. The highest BCUT2D eigenvalue weighted by atomic mass is 16.4. The van der Waals surface area contributed by atoms with Crippen LogP contribution in [0.2, 0.25) is 0 Å². The second kappa shape index (κ2) is 7.08. The molecule has 0 bridgehead atoms. The Kier molecular flexibility index (Phi) is 5.75. The van der Waals surface area contributed by atoms with E-state index >= 15 is 0 Å². The molecule has 1 heterocycles. The number of carboxylic acids is 2. The molecular formula is C12H20N2O5. The molecule has 0 aliphatic carbocycles. The molecule has 0 aromatic carbocycles. The quantitative estimate of drug-likeness (QED) is 0.532. The summed E-state index contributed by atoms with van der Waals surface area (Å²) < 4.78 is 0. The van der Waals surface area contributed by atoms with Crippen LogP contribution in [0, 0.1) is 5.92 Å². The SMILES string of the molecule is CCC1CCNC(C(=O)NC(CC(=O)O)C(=O)O)C1. The Labute approximate surface area is 111 Å². The maximum absolute atomic E-state index is 11.9. The molecule has 0 aromatic rings. The van der Waals surface area contributed by atoms with Crippen molar-refractivity contribution >= 4 is 17.8 Å². The van der Waals surface area contributed by atoms with E-state index < -0.39 is 36.4 Å². The average Bonchev–Trinajstić information content (AvgIpc) is 2.37. The largest absolute Gasteiger partial charge is 0.481 e. The molecule has 0 saturated carbocycles. The summed E-state index contributed by atoms with van der Waals surface area (Å²) in [6.07, 6.45) is 2.01. The molecule has 0 spiro atoms. The predicted molar refractivity (Wildman–Crippen MR) is 66.6 cm³/mol. The summed E-state index contributed by atoms with van der Waals surface area (Å²) in [5.74, 6) is -2.58. The van der Waals surface area contributed by atoms with Gasteiger partial charge in [0.1, 0.15) is 6.04 Å². The van der Waals surface area contributed by atoms with Gasteiger partial charge in [0, 0.05) is 0 Å². The molecule has 1 fully saturated rings. The Hall–Kier alpha value is -1.63. The first-order valence-electron chi connectivity index (χ1n) is 6.42. The highest BCUT2D eigenvalue weighted by Gasteiger charge is 2.30. The van der Waals surface area contributed by atoms with Crippen molar-refractivity contribution in [3.05, 3.63) is 0 Å². The highest BCUT2D eigenvalue weighted by molar-refractivity contribution is 5.89. The van der Waals surface area contributed by atoms with E-state index in [0.29, 0.717) is 18.9 Å². The maximum Gasteiger partial charge on any atom is 0.326 e. The number of rotatable bonds is 6. The van der Waals surface area contributed by atoms with Crippen molar-refractivity contribution in [3.63, 3.8) is 0 Å². The summed E-state index contributed by atoms with van der Waals surface area (Å²) >= 11 is 0. The minimum atomic E-state index is -1.38. The zero-order valence-corrected chi connectivity index (χ0v) is 10.9. The van der Waals surface area contributed by atoms with Gasteiger partial charge in [-0.05, 0) is 25.3 Å². The van der Waals surface area contributed by atoms with Gasteiger partial charge in [-0.25, -0.2) is 4.79 Å². The molecule has 7 nitrogen and oxygen atoms in total. The van der Waals surface area contributed by atoms with Gasteiger partial charge in [0.15, 0.2) is 0 Å². The summed E-state index contributed by atoms with van der Waals surface area (Å²) in [7, 11) is 0. The van der Waals surface area contributed by atoms with E-state index in [4.69, 9.17) is 10.2 Å². The molecule has 3 unspecified atom stereocenters. The van der Waals surface area contributed by atoms with Crippen molar-refractivity contribution < 1.29 is 24.6 Å². The van der Waals surface area contributed by atoms with E-state index in [1.807, 2.05) is 0 Å². The number of aliphatic carboxylic acids is 2. The standard InChI is InChI=1S/C12H20N2O5/c1-2-7-3-4-13-8(5-7)11(17)14-9(12(18)19)6-10(15)16/h7-9,13H,2-6H2,1H3,(H,14,17)(H,15,16)(H,18,19). The Morgan fingerprint density at radius 2 is 2.05 bits per heavy atom. The number of carbonyl (C=O) groups is 3. The molecule has 3 atom stereocenters. The van der Waals surface area contributed by atoms with Crippen LogP contribution < -0.4 is 10.6 Å². The normalized spacial score (nSPS) is 24.5. The Bertz CT molecular complexity index is 358. The first-order valence-corrected chi connectivity index (χ1v) is 6.42. The molecule has 1 amide bonds. The van der Waals surface area contributed by atoms with Gasteiger partial charge in [0.05, 0.1) is 12.5 Å². The van der Waals surface area contributed by atoms with Crippen LogP contribution in [-0.2, 0) is 14.4 Å². The van der Waals surface area contributed by atoms with Crippen molar-refractivity contribution in [2.75, 3.05) is 6.54 Å². The maximum atomic E-state index is 11.9. The molecule has 1 saturated heterocycles. The number of hydrogen-bond donors (Lipinski definition) is 4. The third kappa shape index (κ3) is 4.86. The van der Waals surface area contributed by atoms with Crippen molar-refractivity contribution in [1.29, 1.82) is 0 Å². The molecule has 0 aromatic heterocycles. The minimum absolute atomic E-state index is 0.436. The van der Waals surface area contributed by atoms with Crippen LogP contribution in [0.5, 0.6) is 0 Å². The van der Waals surface area contributed by atoms with Crippen LogP contribution in [0.25, 0.3) is 0 Å². The van der Waals surface area contributed by atoms with Crippen molar-refractivity contribution in [1.82, 2.24) is 10.6 Å². The second-order valence-electron chi connectivity index (χ2n) is 4.80. The zero-order chi connectivity index (χ0) is 14.4. The third-order valence-electron chi connectivity index (χ3n) is 3.40. The number of hydrogen-bond acceptors (Lipinski definition) is 4. The summed E-state index contributed by atoms with van der Waals surface area (Å²) in [6.45, 7) is 2.77. The fourth-order valence-electron chi connectivity index (χ4n) is 2.21. The van der Waals surface area contributed by atoms with Gasteiger partial charge in [0.2, 0.25) is 5.91 Å². The van der Waals surface area contributed by atoms with Crippen molar-refractivity contribution in [2.24, 2.45) is 5.92 Å². The van der Waals surface area contributed by atoms with Crippen molar-refractivity contribution in [2.45, 2.75) is 44.7 Å². The zero-order valence-electron chi connectivity index (χ0n) is 10.9. The van der Waals surface area contributed by atoms with Gasteiger partial charge in [-0.15, -0.1) is 0 Å². The topological polar surface area (TPSA) is 116 Å². The van der Waals surface area contributed by atoms with E-state index in [1.165, 1.54) is 0 Å². The van der Waals surface area contributed by atoms with Crippen molar-refractivity contribution in [3.8, 4) is 0 Å². The van der Waals surface area contributed by atoms with Crippen LogP contribution in [-0.4, -0.2) is 46.7 Å². The highest BCUT2D eigenvalue weighted by Crippen LogP contribution is 2.19. The van der Waals surface area contributed by atoms with Gasteiger partial charge >= 0.3 is 11.9 Å². The van der Waals surface area contributed by atoms with Gasteiger partial charge in [-0.2, -0.15) is 0 Å². The Balaban J connectivity index is 2.56. The lowest BCUT2D eigenvalue weighted by atomic mass is 9.90. The summed E-state index contributed by atoms with van der Waals surface area (Å²) in [5.41, 5.74) is 0. The van der Waals surface area contributed by atoms with Crippen LogP contribution in [0.1, 0.15) is 32.6 Å². The van der Waals surface area contributed by atoms with E-state index in [1.54, 1.807) is 0 Å². The van der Waals surface area contributed by atoms with Crippen LogP contribution in [0.4, 0.5) is 0 Å². The van der Waals surface area contributed by atoms with Crippen LogP contribution in [0.15, 0.2) is 0 Å². The first-order chi connectivity index (χ1) is 8.93. The third-order valence-corrected chi connectivity index (χ3v) is 3.40. The molecule has 4 N–H and O–H groups in total. The lowest BCUT2D eigenvalue weighted by Gasteiger charge is -2.29. The average molecular weight is 272 g/mol. The lowest BCUT2D eigenvalue weighted by Crippen LogP contribution is -2.53. The fourth-order valence-corrected chi connectivity index (χ4v) is 2.21. The number of nitrogens with one attached hydrogen (secondary N) is 2. The molecule has 0 radical (unpaired) electrons. The number of carboxylic acid groups (broad SMARTS) is 2. The second-order valence-corrected chi connectivity index (χ2v) is 4.80. The van der Waals surface area contributed by atoms with E-state index in [2.05, 4.69) is 17.6 Å². The molecule has 1 aliphatic rings. The predicted octanol–water partition coefficient (Wildman–Crippen LogP) is -0.191. The first kappa shape index (κ1) is 15.4. The molecule has 108 valence electrons. The van der Waals surface area contributed by atoms with Crippen LogP contribution >= 0.6 is 0 Å². The monoisotopic (exact) mass is 272 g/mol. The van der Waals surface area contributed by atoms with Gasteiger partial charge in [-0.3, -0.25) is 9.59 Å². The molecule has 1 rings (SSSR count). The van der Waals surface area contributed by atoms with Gasteiger partial charge < -0.3 is 20.8 Å². The Morgan fingerprint density at radius 1 is 1.37 bits per heavy atom. The lowest BCUT2D eigenvalue weighted by molar-refractivity contribution is -0.147. The van der Waals surface area contributed by atoms with E-state index in [9.17, 15) is 14.4 Å². The molecular weight excluding hydrogens is 252 g/mol.